The van der Waals surface area contributed by atoms with Crippen molar-refractivity contribution in [2.24, 2.45) is 0 Å². The summed E-state index contributed by atoms with van der Waals surface area (Å²) in [4.78, 5) is 0. The molecule has 0 aliphatic heterocycles. The Morgan fingerprint density at radius 2 is 1.72 bits per heavy atom. The predicted molar refractivity (Wildman–Crippen MR) is 72.7 cm³/mol. The molecule has 18 heavy (non-hydrogen) atoms. The van der Waals surface area contributed by atoms with Gasteiger partial charge in [0.05, 0.1) is 0 Å². The SMILES string of the molecule is CC(Cl)c1nnc(-c2ccc(C(C)(C)C)cc2)o1. The summed E-state index contributed by atoms with van der Waals surface area (Å²) in [5.41, 5.74) is 2.33. The maximum absolute atomic E-state index is 5.89. The lowest BCUT2D eigenvalue weighted by Crippen LogP contribution is -2.10. The molecule has 0 saturated carbocycles. The molecule has 0 saturated heterocycles. The standard InChI is InChI=1S/C14H17ClN2O/c1-9(15)12-16-17-13(18-12)10-5-7-11(8-6-10)14(2,3)4/h5-9H,1-4H3. The molecule has 96 valence electrons. The number of benzene rings is 1. The molecule has 0 aliphatic rings. The zero-order chi connectivity index (χ0) is 13.3. The quantitative estimate of drug-likeness (QED) is 0.758. The lowest BCUT2D eigenvalue weighted by atomic mass is 9.87. The van der Waals surface area contributed by atoms with Crippen molar-refractivity contribution >= 4 is 11.6 Å². The number of hydrogen-bond acceptors (Lipinski definition) is 3. The monoisotopic (exact) mass is 264 g/mol. The summed E-state index contributed by atoms with van der Waals surface area (Å²) in [6.07, 6.45) is 0. The van der Waals surface area contributed by atoms with Gasteiger partial charge in [0.1, 0.15) is 5.38 Å². The molecule has 1 aromatic heterocycles. The molecule has 1 aromatic carbocycles. The first-order valence-electron chi connectivity index (χ1n) is 5.96. The molecule has 3 nitrogen and oxygen atoms in total. The fraction of sp³-hybridized carbons (Fsp3) is 0.429. The third-order valence-corrected chi connectivity index (χ3v) is 2.97. The molecule has 1 atom stereocenters. The minimum atomic E-state index is -0.264. The van der Waals surface area contributed by atoms with Gasteiger partial charge in [-0.05, 0) is 30.0 Å². The molecule has 1 heterocycles. The van der Waals surface area contributed by atoms with Gasteiger partial charge in [0.25, 0.3) is 0 Å². The van der Waals surface area contributed by atoms with E-state index in [1.54, 1.807) is 0 Å². The second kappa shape index (κ2) is 4.73. The maximum Gasteiger partial charge on any atom is 0.247 e. The molecule has 0 radical (unpaired) electrons. The van der Waals surface area contributed by atoms with Gasteiger partial charge < -0.3 is 4.42 Å². The van der Waals surface area contributed by atoms with Crippen LogP contribution in [0.5, 0.6) is 0 Å². The van der Waals surface area contributed by atoms with Gasteiger partial charge in [0.2, 0.25) is 11.8 Å². The fourth-order valence-corrected chi connectivity index (χ4v) is 1.71. The number of halogens is 1. The van der Waals surface area contributed by atoms with Gasteiger partial charge in [0, 0.05) is 5.56 Å². The van der Waals surface area contributed by atoms with Gasteiger partial charge in [-0.2, -0.15) is 0 Å². The number of hydrogen-bond donors (Lipinski definition) is 0. The van der Waals surface area contributed by atoms with Crippen molar-refractivity contribution in [2.75, 3.05) is 0 Å². The molecule has 2 rings (SSSR count). The summed E-state index contributed by atoms with van der Waals surface area (Å²) >= 11 is 5.89. The lowest BCUT2D eigenvalue weighted by Gasteiger charge is -2.18. The van der Waals surface area contributed by atoms with Crippen LogP contribution in [0.25, 0.3) is 11.5 Å². The van der Waals surface area contributed by atoms with E-state index in [0.29, 0.717) is 11.8 Å². The Kier molecular flexibility index (Phi) is 3.44. The van der Waals surface area contributed by atoms with Crippen molar-refractivity contribution < 1.29 is 4.42 Å². The minimum absolute atomic E-state index is 0.142. The molecule has 4 heteroatoms. The summed E-state index contributed by atoms with van der Waals surface area (Å²) in [5.74, 6) is 0.963. The highest BCUT2D eigenvalue weighted by Gasteiger charge is 2.15. The number of aromatic nitrogens is 2. The molecule has 0 amide bonds. The maximum atomic E-state index is 5.89. The Hall–Kier alpha value is -1.35. The third-order valence-electron chi connectivity index (χ3n) is 2.78. The summed E-state index contributed by atoms with van der Waals surface area (Å²) in [7, 11) is 0. The van der Waals surface area contributed by atoms with Crippen LogP contribution in [0.1, 0.15) is 44.5 Å². The average molecular weight is 265 g/mol. The number of alkyl halides is 1. The first kappa shape index (κ1) is 13.1. The van der Waals surface area contributed by atoms with Crippen LogP contribution >= 0.6 is 11.6 Å². The molecular formula is C14H17ClN2O. The van der Waals surface area contributed by atoms with E-state index in [-0.39, 0.29) is 10.8 Å². The van der Waals surface area contributed by atoms with E-state index >= 15 is 0 Å². The Balaban J connectivity index is 2.29. The highest BCUT2D eigenvalue weighted by molar-refractivity contribution is 6.20. The summed E-state index contributed by atoms with van der Waals surface area (Å²) in [6, 6.07) is 8.17. The van der Waals surface area contributed by atoms with E-state index in [4.69, 9.17) is 16.0 Å². The van der Waals surface area contributed by atoms with Crippen LogP contribution in [0, 0.1) is 0 Å². The summed E-state index contributed by atoms with van der Waals surface area (Å²) in [6.45, 7) is 8.35. The van der Waals surface area contributed by atoms with E-state index in [9.17, 15) is 0 Å². The molecular weight excluding hydrogens is 248 g/mol. The van der Waals surface area contributed by atoms with Crippen LogP contribution in [-0.4, -0.2) is 10.2 Å². The van der Waals surface area contributed by atoms with Crippen molar-refractivity contribution in [1.82, 2.24) is 10.2 Å². The zero-order valence-electron chi connectivity index (χ0n) is 11.1. The molecule has 0 N–H and O–H groups in total. The van der Waals surface area contributed by atoms with E-state index in [1.165, 1.54) is 5.56 Å². The second-order valence-corrected chi connectivity index (χ2v) is 6.04. The van der Waals surface area contributed by atoms with Crippen LogP contribution in [0.4, 0.5) is 0 Å². The first-order valence-corrected chi connectivity index (χ1v) is 6.40. The largest absolute Gasteiger partial charge is 0.419 e. The normalized spacial score (nSPS) is 13.6. The Morgan fingerprint density at radius 1 is 1.11 bits per heavy atom. The highest BCUT2D eigenvalue weighted by atomic mass is 35.5. The van der Waals surface area contributed by atoms with E-state index in [1.807, 2.05) is 19.1 Å². The van der Waals surface area contributed by atoms with Crippen molar-refractivity contribution in [1.29, 1.82) is 0 Å². The van der Waals surface area contributed by atoms with E-state index < -0.39 is 0 Å². The lowest BCUT2D eigenvalue weighted by molar-refractivity contribution is 0.507. The molecule has 1 unspecified atom stereocenters. The topological polar surface area (TPSA) is 38.9 Å². The third kappa shape index (κ3) is 2.72. The van der Waals surface area contributed by atoms with Crippen LogP contribution < -0.4 is 0 Å². The number of rotatable bonds is 2. The second-order valence-electron chi connectivity index (χ2n) is 5.39. The van der Waals surface area contributed by atoms with E-state index in [2.05, 4.69) is 43.1 Å². The van der Waals surface area contributed by atoms with Gasteiger partial charge in [-0.25, -0.2) is 0 Å². The van der Waals surface area contributed by atoms with Crippen LogP contribution in [0.15, 0.2) is 28.7 Å². The van der Waals surface area contributed by atoms with Crippen molar-refractivity contribution in [3.05, 3.63) is 35.7 Å². The predicted octanol–water partition coefficient (Wildman–Crippen LogP) is 4.33. The molecule has 0 bridgehead atoms. The summed E-state index contributed by atoms with van der Waals surface area (Å²) in [5, 5.41) is 7.65. The Morgan fingerprint density at radius 3 is 2.17 bits per heavy atom. The number of nitrogens with zero attached hydrogens (tertiary/aromatic N) is 2. The van der Waals surface area contributed by atoms with Crippen LogP contribution in [-0.2, 0) is 5.41 Å². The minimum Gasteiger partial charge on any atom is -0.419 e. The van der Waals surface area contributed by atoms with Crippen molar-refractivity contribution in [3.8, 4) is 11.5 Å². The van der Waals surface area contributed by atoms with Crippen molar-refractivity contribution in [2.45, 2.75) is 38.5 Å². The van der Waals surface area contributed by atoms with Crippen molar-refractivity contribution in [3.63, 3.8) is 0 Å². The molecule has 0 aliphatic carbocycles. The van der Waals surface area contributed by atoms with Gasteiger partial charge >= 0.3 is 0 Å². The summed E-state index contributed by atoms with van der Waals surface area (Å²) < 4.78 is 5.50. The molecule has 2 aromatic rings. The fourth-order valence-electron chi connectivity index (χ4n) is 1.62. The average Bonchev–Trinajstić information content (AvgIpc) is 2.77. The Labute approximate surface area is 112 Å². The first-order chi connectivity index (χ1) is 8.38. The smallest absolute Gasteiger partial charge is 0.247 e. The van der Waals surface area contributed by atoms with Gasteiger partial charge in [-0.1, -0.05) is 32.9 Å². The van der Waals surface area contributed by atoms with Crippen LogP contribution in [0.2, 0.25) is 0 Å². The molecule has 0 spiro atoms. The molecule has 0 fully saturated rings. The van der Waals surface area contributed by atoms with Gasteiger partial charge in [0.15, 0.2) is 0 Å². The Bertz CT molecular complexity index is 523. The van der Waals surface area contributed by atoms with Gasteiger partial charge in [-0.3, -0.25) is 0 Å². The van der Waals surface area contributed by atoms with Gasteiger partial charge in [-0.15, -0.1) is 21.8 Å². The van der Waals surface area contributed by atoms with Crippen LogP contribution in [0.3, 0.4) is 0 Å². The zero-order valence-corrected chi connectivity index (χ0v) is 11.8. The highest BCUT2D eigenvalue weighted by Crippen LogP contribution is 2.27. The van der Waals surface area contributed by atoms with E-state index in [0.717, 1.165) is 5.56 Å².